The molecule has 1 aromatic rings. The SMILES string of the molecule is CC(C)(C)N1CCN(c2cc(CCl)c(Cl)cn2)CC1. The van der Waals surface area contributed by atoms with Crippen LogP contribution < -0.4 is 4.90 Å². The van der Waals surface area contributed by atoms with Crippen LogP contribution in [-0.2, 0) is 5.88 Å². The molecular weight excluding hydrogens is 281 g/mol. The summed E-state index contributed by atoms with van der Waals surface area (Å²) in [6.45, 7) is 10.9. The Morgan fingerprint density at radius 1 is 1.21 bits per heavy atom. The van der Waals surface area contributed by atoms with Crippen LogP contribution in [0.5, 0.6) is 0 Å². The molecule has 1 fully saturated rings. The number of rotatable bonds is 2. The van der Waals surface area contributed by atoms with Crippen LogP contribution >= 0.6 is 23.2 Å². The molecule has 2 heterocycles. The molecule has 0 spiro atoms. The predicted octanol–water partition coefficient (Wildman–Crippen LogP) is 3.39. The number of hydrogen-bond donors (Lipinski definition) is 0. The molecule has 3 nitrogen and oxygen atoms in total. The highest BCUT2D eigenvalue weighted by molar-refractivity contribution is 6.32. The molecule has 0 amide bonds. The molecule has 0 atom stereocenters. The van der Waals surface area contributed by atoms with Crippen molar-refractivity contribution in [3.8, 4) is 0 Å². The van der Waals surface area contributed by atoms with E-state index < -0.39 is 0 Å². The lowest BCUT2D eigenvalue weighted by Gasteiger charge is -2.42. The average Bonchev–Trinajstić information content (AvgIpc) is 2.38. The summed E-state index contributed by atoms with van der Waals surface area (Å²) in [7, 11) is 0. The lowest BCUT2D eigenvalue weighted by Crippen LogP contribution is -2.53. The van der Waals surface area contributed by atoms with Crippen LogP contribution in [0.15, 0.2) is 12.3 Å². The van der Waals surface area contributed by atoms with E-state index in [9.17, 15) is 0 Å². The molecule has 0 aliphatic carbocycles. The molecule has 0 unspecified atom stereocenters. The zero-order chi connectivity index (χ0) is 14.0. The summed E-state index contributed by atoms with van der Waals surface area (Å²) in [6.07, 6.45) is 1.70. The Labute approximate surface area is 125 Å². The molecule has 0 saturated carbocycles. The lowest BCUT2D eigenvalue weighted by molar-refractivity contribution is 0.128. The van der Waals surface area contributed by atoms with Crippen molar-refractivity contribution in [1.29, 1.82) is 0 Å². The van der Waals surface area contributed by atoms with Crippen molar-refractivity contribution in [1.82, 2.24) is 9.88 Å². The Bertz CT molecular complexity index is 435. The van der Waals surface area contributed by atoms with Gasteiger partial charge in [0.1, 0.15) is 5.82 Å². The van der Waals surface area contributed by atoms with Gasteiger partial charge in [-0.1, -0.05) is 11.6 Å². The Kier molecular flexibility index (Phi) is 4.59. The van der Waals surface area contributed by atoms with Crippen molar-refractivity contribution >= 4 is 29.0 Å². The van der Waals surface area contributed by atoms with E-state index in [-0.39, 0.29) is 5.54 Å². The number of anilines is 1. The fraction of sp³-hybridized carbons (Fsp3) is 0.643. The van der Waals surface area contributed by atoms with Gasteiger partial charge in [0.05, 0.1) is 5.02 Å². The summed E-state index contributed by atoms with van der Waals surface area (Å²) in [5.41, 5.74) is 1.19. The van der Waals surface area contributed by atoms with Gasteiger partial charge >= 0.3 is 0 Å². The summed E-state index contributed by atoms with van der Waals surface area (Å²) in [6, 6.07) is 2.00. The molecule has 0 aromatic carbocycles. The second-order valence-corrected chi connectivity index (χ2v) is 6.59. The molecule has 0 bridgehead atoms. The van der Waals surface area contributed by atoms with E-state index in [0.717, 1.165) is 37.6 Å². The van der Waals surface area contributed by atoms with E-state index in [1.165, 1.54) is 0 Å². The highest BCUT2D eigenvalue weighted by Gasteiger charge is 2.26. The standard InChI is InChI=1S/C14H21Cl2N3/c1-14(2,3)19-6-4-18(5-7-19)13-8-11(9-15)12(16)10-17-13/h8,10H,4-7,9H2,1-3H3. The highest BCUT2D eigenvalue weighted by atomic mass is 35.5. The normalized spacial score (nSPS) is 17.8. The fourth-order valence-electron chi connectivity index (χ4n) is 2.35. The number of alkyl halides is 1. The number of nitrogens with zero attached hydrogens (tertiary/aromatic N) is 3. The first kappa shape index (κ1) is 14.9. The molecule has 1 saturated heterocycles. The molecule has 5 heteroatoms. The minimum Gasteiger partial charge on any atom is -0.354 e. The third kappa shape index (κ3) is 3.53. The summed E-state index contributed by atoms with van der Waals surface area (Å²) in [4.78, 5) is 9.22. The van der Waals surface area contributed by atoms with Gasteiger partial charge in [0.2, 0.25) is 0 Å². The summed E-state index contributed by atoms with van der Waals surface area (Å²) in [5.74, 6) is 1.41. The van der Waals surface area contributed by atoms with E-state index in [1.54, 1.807) is 6.20 Å². The van der Waals surface area contributed by atoms with Crippen molar-refractivity contribution in [3.05, 3.63) is 22.8 Å². The Morgan fingerprint density at radius 3 is 2.37 bits per heavy atom. The van der Waals surface area contributed by atoms with Crippen molar-refractivity contribution in [2.45, 2.75) is 32.2 Å². The van der Waals surface area contributed by atoms with E-state index in [4.69, 9.17) is 23.2 Å². The van der Waals surface area contributed by atoms with Crippen LogP contribution in [0.2, 0.25) is 5.02 Å². The van der Waals surface area contributed by atoms with Gasteiger partial charge in [-0.25, -0.2) is 4.98 Å². The highest BCUT2D eigenvalue weighted by Crippen LogP contribution is 2.24. The topological polar surface area (TPSA) is 19.4 Å². The lowest BCUT2D eigenvalue weighted by atomic mass is 10.0. The minimum atomic E-state index is 0.237. The zero-order valence-electron chi connectivity index (χ0n) is 11.8. The van der Waals surface area contributed by atoms with Gasteiger partial charge in [0.15, 0.2) is 0 Å². The second-order valence-electron chi connectivity index (χ2n) is 5.91. The molecule has 2 rings (SSSR count). The Morgan fingerprint density at radius 2 is 1.84 bits per heavy atom. The van der Waals surface area contributed by atoms with Crippen LogP contribution in [0.25, 0.3) is 0 Å². The van der Waals surface area contributed by atoms with Gasteiger partial charge in [-0.3, -0.25) is 4.90 Å². The largest absolute Gasteiger partial charge is 0.354 e. The molecular formula is C14H21Cl2N3. The molecule has 0 N–H and O–H groups in total. The number of aromatic nitrogens is 1. The molecule has 0 radical (unpaired) electrons. The molecule has 1 aromatic heterocycles. The summed E-state index contributed by atoms with van der Waals surface area (Å²) >= 11 is 11.9. The predicted molar refractivity (Wildman–Crippen MR) is 82.3 cm³/mol. The van der Waals surface area contributed by atoms with Crippen LogP contribution in [-0.4, -0.2) is 41.6 Å². The van der Waals surface area contributed by atoms with E-state index in [1.807, 2.05) is 6.07 Å². The van der Waals surface area contributed by atoms with Crippen LogP contribution in [0, 0.1) is 0 Å². The van der Waals surface area contributed by atoms with Gasteiger partial charge in [0, 0.05) is 43.8 Å². The maximum atomic E-state index is 6.04. The van der Waals surface area contributed by atoms with Gasteiger partial charge in [-0.2, -0.15) is 0 Å². The Balaban J connectivity index is 2.05. The maximum absolute atomic E-state index is 6.04. The molecule has 1 aliphatic rings. The van der Waals surface area contributed by atoms with Crippen molar-refractivity contribution in [2.24, 2.45) is 0 Å². The van der Waals surface area contributed by atoms with Crippen molar-refractivity contribution < 1.29 is 0 Å². The van der Waals surface area contributed by atoms with Crippen molar-refractivity contribution in [3.63, 3.8) is 0 Å². The van der Waals surface area contributed by atoms with Crippen LogP contribution in [0.1, 0.15) is 26.3 Å². The van der Waals surface area contributed by atoms with E-state index >= 15 is 0 Å². The summed E-state index contributed by atoms with van der Waals surface area (Å²) in [5, 5.41) is 0.645. The fourth-order valence-corrected chi connectivity index (χ4v) is 2.81. The first-order valence-corrected chi connectivity index (χ1v) is 7.53. The van der Waals surface area contributed by atoms with Gasteiger partial charge in [-0.15, -0.1) is 11.6 Å². The minimum absolute atomic E-state index is 0.237. The average molecular weight is 302 g/mol. The van der Waals surface area contributed by atoms with Crippen molar-refractivity contribution in [2.75, 3.05) is 31.1 Å². The maximum Gasteiger partial charge on any atom is 0.128 e. The third-order valence-corrected chi connectivity index (χ3v) is 4.24. The first-order valence-electron chi connectivity index (χ1n) is 6.62. The van der Waals surface area contributed by atoms with Crippen LogP contribution in [0.3, 0.4) is 0 Å². The van der Waals surface area contributed by atoms with E-state index in [2.05, 4.69) is 35.6 Å². The smallest absolute Gasteiger partial charge is 0.128 e. The number of hydrogen-bond acceptors (Lipinski definition) is 3. The summed E-state index contributed by atoms with van der Waals surface area (Å²) < 4.78 is 0. The van der Waals surface area contributed by atoms with Crippen LogP contribution in [0.4, 0.5) is 5.82 Å². The second kappa shape index (κ2) is 5.86. The van der Waals surface area contributed by atoms with Gasteiger partial charge in [-0.05, 0) is 32.4 Å². The monoisotopic (exact) mass is 301 g/mol. The Hall–Kier alpha value is -0.510. The molecule has 106 valence electrons. The number of halogens is 2. The third-order valence-electron chi connectivity index (χ3n) is 3.62. The van der Waals surface area contributed by atoms with Gasteiger partial charge < -0.3 is 4.90 Å². The first-order chi connectivity index (χ1) is 8.91. The number of piperazine rings is 1. The quantitative estimate of drug-likeness (QED) is 0.781. The number of pyridine rings is 1. The molecule has 19 heavy (non-hydrogen) atoms. The van der Waals surface area contributed by atoms with Gasteiger partial charge in [0.25, 0.3) is 0 Å². The zero-order valence-corrected chi connectivity index (χ0v) is 13.3. The molecule has 1 aliphatic heterocycles. The van der Waals surface area contributed by atoms with E-state index in [0.29, 0.717) is 10.9 Å².